The topological polar surface area (TPSA) is 112 Å². The molecule has 2 fully saturated rings. The van der Waals surface area contributed by atoms with Crippen LogP contribution in [0.3, 0.4) is 0 Å². The van der Waals surface area contributed by atoms with Gasteiger partial charge in [-0.25, -0.2) is 21.6 Å². The van der Waals surface area contributed by atoms with Crippen LogP contribution in [0, 0.1) is 0 Å². The molecular formula is C13H18N2O6S3. The van der Waals surface area contributed by atoms with Crippen molar-refractivity contribution >= 4 is 37.4 Å². The Morgan fingerprint density at radius 2 is 2.04 bits per heavy atom. The number of carbonyl (C=O) groups is 1. The van der Waals surface area contributed by atoms with Crippen molar-refractivity contribution in [3.05, 3.63) is 17.0 Å². The highest BCUT2D eigenvalue weighted by atomic mass is 32.2. The molecule has 1 N–H and O–H groups in total. The first kappa shape index (κ1) is 17.8. The van der Waals surface area contributed by atoms with E-state index in [1.807, 2.05) is 0 Å². The van der Waals surface area contributed by atoms with Crippen LogP contribution in [-0.4, -0.2) is 68.0 Å². The number of thiophene rings is 1. The minimum Gasteiger partial charge on any atom is -0.478 e. The summed E-state index contributed by atoms with van der Waals surface area (Å²) in [6.07, 6.45) is 1.78. The lowest BCUT2D eigenvalue weighted by atomic mass is 10.1. The fourth-order valence-electron chi connectivity index (χ4n) is 3.13. The molecule has 3 rings (SSSR count). The van der Waals surface area contributed by atoms with Gasteiger partial charge in [-0.15, -0.1) is 11.3 Å². The standard InChI is InChI=1S/C13H18N2O6S3/c16-13(17)10-7-12(22-9-10)24(20,21)14-4-1-3-11(8-14)15-5-2-6-23(15,18)19/h7,9,11H,1-6,8H2,(H,16,17). The normalized spacial score (nSPS) is 25.8. The molecule has 0 spiro atoms. The van der Waals surface area contributed by atoms with Gasteiger partial charge in [0, 0.05) is 31.1 Å². The van der Waals surface area contributed by atoms with Gasteiger partial charge in [0.05, 0.1) is 11.3 Å². The lowest BCUT2D eigenvalue weighted by molar-refractivity contribution is 0.0697. The summed E-state index contributed by atoms with van der Waals surface area (Å²) in [6.45, 7) is 0.859. The first-order valence-corrected chi connectivity index (χ1v) is 11.5. The number of hydrogen-bond acceptors (Lipinski definition) is 6. The van der Waals surface area contributed by atoms with Crippen molar-refractivity contribution in [2.45, 2.75) is 29.5 Å². The molecule has 2 aliphatic heterocycles. The van der Waals surface area contributed by atoms with E-state index in [-0.39, 0.29) is 28.1 Å². The molecule has 1 atom stereocenters. The van der Waals surface area contributed by atoms with Crippen LogP contribution in [0.15, 0.2) is 15.7 Å². The van der Waals surface area contributed by atoms with Crippen molar-refractivity contribution in [2.75, 3.05) is 25.4 Å². The van der Waals surface area contributed by atoms with Crippen LogP contribution in [0.2, 0.25) is 0 Å². The zero-order valence-corrected chi connectivity index (χ0v) is 15.2. The largest absolute Gasteiger partial charge is 0.478 e. The van der Waals surface area contributed by atoms with Gasteiger partial charge < -0.3 is 5.11 Å². The molecule has 0 amide bonds. The molecule has 1 aromatic rings. The molecule has 134 valence electrons. The Morgan fingerprint density at radius 1 is 1.29 bits per heavy atom. The Bertz CT molecular complexity index is 845. The second-order valence-corrected chi connectivity index (χ2v) is 11.0. The average molecular weight is 394 g/mol. The molecule has 0 bridgehead atoms. The minimum atomic E-state index is -3.81. The molecule has 1 unspecified atom stereocenters. The number of hydrogen-bond donors (Lipinski definition) is 1. The van der Waals surface area contributed by atoms with Gasteiger partial charge in [0.2, 0.25) is 10.0 Å². The van der Waals surface area contributed by atoms with E-state index in [1.165, 1.54) is 14.0 Å². The molecule has 24 heavy (non-hydrogen) atoms. The smallest absolute Gasteiger partial charge is 0.336 e. The fraction of sp³-hybridized carbons (Fsp3) is 0.615. The summed E-state index contributed by atoms with van der Waals surface area (Å²) >= 11 is 0.869. The number of carboxylic acid groups (broad SMARTS) is 1. The van der Waals surface area contributed by atoms with Crippen LogP contribution < -0.4 is 0 Å². The van der Waals surface area contributed by atoms with Gasteiger partial charge in [0.15, 0.2) is 0 Å². The van der Waals surface area contributed by atoms with Gasteiger partial charge in [0.25, 0.3) is 10.0 Å². The Hall–Kier alpha value is -1.01. The number of aromatic carboxylic acids is 1. The Balaban J connectivity index is 1.82. The highest BCUT2D eigenvalue weighted by Gasteiger charge is 2.39. The number of sulfonamides is 2. The predicted octanol–water partition coefficient (Wildman–Crippen LogP) is 0.635. The lowest BCUT2D eigenvalue weighted by Gasteiger charge is -2.35. The van der Waals surface area contributed by atoms with Crippen molar-refractivity contribution in [1.82, 2.24) is 8.61 Å². The summed E-state index contributed by atoms with van der Waals surface area (Å²) in [6, 6.07) is 0.804. The molecule has 0 aromatic carbocycles. The van der Waals surface area contributed by atoms with Gasteiger partial charge in [0.1, 0.15) is 4.21 Å². The quantitative estimate of drug-likeness (QED) is 0.802. The van der Waals surface area contributed by atoms with Crippen molar-refractivity contribution in [1.29, 1.82) is 0 Å². The van der Waals surface area contributed by atoms with E-state index in [2.05, 4.69) is 0 Å². The summed E-state index contributed by atoms with van der Waals surface area (Å²) in [5, 5.41) is 10.2. The van der Waals surface area contributed by atoms with Crippen LogP contribution in [0.1, 0.15) is 29.6 Å². The SMILES string of the molecule is O=C(O)c1csc(S(=O)(=O)N2CCCC(N3CCCS3(=O)=O)C2)c1. The maximum absolute atomic E-state index is 12.7. The first-order valence-electron chi connectivity index (χ1n) is 7.53. The van der Waals surface area contributed by atoms with E-state index in [9.17, 15) is 21.6 Å². The van der Waals surface area contributed by atoms with Gasteiger partial charge in [-0.3, -0.25) is 0 Å². The average Bonchev–Trinajstić information content (AvgIpc) is 3.14. The maximum atomic E-state index is 12.7. The number of piperidine rings is 1. The number of rotatable bonds is 4. The highest BCUT2D eigenvalue weighted by molar-refractivity contribution is 7.91. The van der Waals surface area contributed by atoms with E-state index < -0.39 is 26.0 Å². The van der Waals surface area contributed by atoms with Crippen LogP contribution in [-0.2, 0) is 20.0 Å². The zero-order valence-electron chi connectivity index (χ0n) is 12.8. The van der Waals surface area contributed by atoms with E-state index >= 15 is 0 Å². The molecule has 0 radical (unpaired) electrons. The molecule has 2 aliphatic rings. The van der Waals surface area contributed by atoms with Crippen molar-refractivity contribution < 1.29 is 26.7 Å². The molecule has 0 aliphatic carbocycles. The van der Waals surface area contributed by atoms with Crippen LogP contribution in [0.25, 0.3) is 0 Å². The fourth-order valence-corrected chi connectivity index (χ4v) is 7.72. The zero-order chi connectivity index (χ0) is 17.5. The second-order valence-electron chi connectivity index (χ2n) is 5.90. The van der Waals surface area contributed by atoms with Crippen molar-refractivity contribution in [3.63, 3.8) is 0 Å². The minimum absolute atomic E-state index is 0.0233. The van der Waals surface area contributed by atoms with Gasteiger partial charge in [-0.1, -0.05) is 0 Å². The molecule has 1 aromatic heterocycles. The molecule has 2 saturated heterocycles. The summed E-state index contributed by atoms with van der Waals surface area (Å²) in [4.78, 5) is 10.9. The van der Waals surface area contributed by atoms with Crippen LogP contribution >= 0.6 is 11.3 Å². The third-order valence-corrected chi connectivity index (χ3v) is 9.60. The molecule has 8 nitrogen and oxygen atoms in total. The summed E-state index contributed by atoms with van der Waals surface area (Å²) < 4.78 is 52.2. The maximum Gasteiger partial charge on any atom is 0.336 e. The van der Waals surface area contributed by atoms with E-state index in [4.69, 9.17) is 5.11 Å². The van der Waals surface area contributed by atoms with Crippen molar-refractivity contribution in [3.8, 4) is 0 Å². The van der Waals surface area contributed by atoms with Gasteiger partial charge >= 0.3 is 5.97 Å². The Morgan fingerprint density at radius 3 is 2.62 bits per heavy atom. The molecular weight excluding hydrogens is 376 g/mol. The summed E-state index contributed by atoms with van der Waals surface area (Å²) in [7, 11) is -7.10. The molecule has 11 heteroatoms. The highest BCUT2D eigenvalue weighted by Crippen LogP contribution is 2.29. The van der Waals surface area contributed by atoms with E-state index in [0.717, 1.165) is 17.4 Å². The van der Waals surface area contributed by atoms with Gasteiger partial charge in [-0.05, 0) is 25.3 Å². The first-order chi connectivity index (χ1) is 11.2. The van der Waals surface area contributed by atoms with E-state index in [1.54, 1.807) is 0 Å². The van der Waals surface area contributed by atoms with Crippen LogP contribution in [0.5, 0.6) is 0 Å². The third-order valence-electron chi connectivity index (χ3n) is 4.32. The van der Waals surface area contributed by atoms with Crippen molar-refractivity contribution in [2.24, 2.45) is 0 Å². The predicted molar refractivity (Wildman–Crippen MR) is 88.2 cm³/mol. The Labute approximate surface area is 144 Å². The third kappa shape index (κ3) is 3.23. The Kier molecular flexibility index (Phi) is 4.73. The van der Waals surface area contributed by atoms with Gasteiger partial charge in [-0.2, -0.15) is 8.61 Å². The second kappa shape index (κ2) is 6.37. The monoisotopic (exact) mass is 394 g/mol. The molecule has 0 saturated carbocycles. The number of nitrogens with zero attached hydrogens (tertiary/aromatic N) is 2. The molecule has 3 heterocycles. The van der Waals surface area contributed by atoms with Crippen LogP contribution in [0.4, 0.5) is 0 Å². The summed E-state index contributed by atoms with van der Waals surface area (Å²) in [5.41, 5.74) is -0.0609. The summed E-state index contributed by atoms with van der Waals surface area (Å²) in [5.74, 6) is -1.06. The van der Waals surface area contributed by atoms with E-state index in [0.29, 0.717) is 32.4 Å². The number of carboxylic acids is 1. The lowest BCUT2D eigenvalue weighted by Crippen LogP contribution is -2.50.